The van der Waals surface area contributed by atoms with E-state index < -0.39 is 17.6 Å². The fourth-order valence-electron chi connectivity index (χ4n) is 4.33. The zero-order valence-corrected chi connectivity index (χ0v) is 19.5. The molecule has 5 aromatic rings. The van der Waals surface area contributed by atoms with Gasteiger partial charge in [0.25, 0.3) is 0 Å². The summed E-state index contributed by atoms with van der Waals surface area (Å²) in [5, 5.41) is 22.5. The van der Waals surface area contributed by atoms with E-state index in [2.05, 4.69) is 46.0 Å². The van der Waals surface area contributed by atoms with Gasteiger partial charge in [-0.05, 0) is 35.4 Å². The smallest absolute Gasteiger partial charge is 0.341 e. The van der Waals surface area contributed by atoms with Gasteiger partial charge in [-0.2, -0.15) is 13.2 Å². The van der Waals surface area contributed by atoms with Crippen LogP contribution in [0, 0.1) is 5.82 Å². The van der Waals surface area contributed by atoms with Crippen molar-refractivity contribution in [1.82, 2.24) is 49.8 Å². The molecule has 38 heavy (non-hydrogen) atoms. The Balaban J connectivity index is 1.17. The first-order valence-electron chi connectivity index (χ1n) is 11.5. The van der Waals surface area contributed by atoms with E-state index in [0.717, 1.165) is 12.4 Å². The third-order valence-electron chi connectivity index (χ3n) is 6.28. The van der Waals surface area contributed by atoms with Crippen LogP contribution in [0.2, 0.25) is 0 Å². The van der Waals surface area contributed by atoms with Crippen molar-refractivity contribution >= 4 is 23.1 Å². The highest BCUT2D eigenvalue weighted by molar-refractivity contribution is 5.70. The number of anilines is 3. The lowest BCUT2D eigenvalue weighted by Crippen LogP contribution is -2.34. The number of rotatable bonds is 5. The van der Waals surface area contributed by atoms with Gasteiger partial charge >= 0.3 is 6.18 Å². The molecule has 0 amide bonds. The van der Waals surface area contributed by atoms with Crippen molar-refractivity contribution in [2.24, 2.45) is 0 Å². The van der Waals surface area contributed by atoms with Gasteiger partial charge in [0, 0.05) is 49.9 Å². The van der Waals surface area contributed by atoms with Crippen molar-refractivity contribution in [3.8, 4) is 5.69 Å². The van der Waals surface area contributed by atoms with Crippen molar-refractivity contribution < 1.29 is 17.6 Å². The highest BCUT2D eigenvalue weighted by atomic mass is 19.4. The number of alkyl halides is 3. The van der Waals surface area contributed by atoms with Gasteiger partial charge in [-0.3, -0.25) is 4.40 Å². The Kier molecular flexibility index (Phi) is 5.77. The first-order chi connectivity index (χ1) is 18.4. The number of fused-ring (bicyclic) bond motifs is 1. The highest BCUT2D eigenvalue weighted by Crippen LogP contribution is 2.32. The number of aromatic nitrogens is 10. The number of hydrogen-bond acceptors (Lipinski definition) is 10. The molecule has 12 nitrogen and oxygen atoms in total. The molecule has 1 aliphatic rings. The van der Waals surface area contributed by atoms with Gasteiger partial charge < -0.3 is 10.2 Å². The lowest BCUT2D eigenvalue weighted by Gasteiger charge is -2.31. The Bertz CT molecular complexity index is 1560. The predicted octanol–water partition coefficient (Wildman–Crippen LogP) is 3.18. The number of piperidine rings is 1. The van der Waals surface area contributed by atoms with Crippen molar-refractivity contribution in [1.29, 1.82) is 0 Å². The lowest BCUT2D eigenvalue weighted by atomic mass is 9.96. The average Bonchev–Trinajstić information content (AvgIpc) is 3.61. The van der Waals surface area contributed by atoms with E-state index in [9.17, 15) is 17.6 Å². The number of benzene rings is 1. The summed E-state index contributed by atoms with van der Waals surface area (Å²) >= 11 is 0. The van der Waals surface area contributed by atoms with Gasteiger partial charge in [-0.15, -0.1) is 15.3 Å². The standard InChI is InChI=1S/C22H18F4N12/c23-16-9-15(38-12-30-34-35-38)1-2-17(16)31-18-20-33-32-19(37(20)8-5-27-18)13-3-6-36(7-4-13)21-28-10-14(11-29-21)22(24,25)26/h1-2,5,8-13H,3-4,6-7H2,(H,27,31). The van der Waals surface area contributed by atoms with Crippen LogP contribution in [0.4, 0.5) is 35.0 Å². The van der Waals surface area contributed by atoms with Crippen LogP contribution in [0.3, 0.4) is 0 Å². The van der Waals surface area contributed by atoms with E-state index in [1.807, 2.05) is 4.90 Å². The summed E-state index contributed by atoms with van der Waals surface area (Å²) < 4.78 is 56.3. The fourth-order valence-corrected chi connectivity index (χ4v) is 4.33. The molecule has 0 unspecified atom stereocenters. The molecule has 6 rings (SSSR count). The summed E-state index contributed by atoms with van der Waals surface area (Å²) in [6.45, 7) is 1.08. The first-order valence-corrected chi connectivity index (χ1v) is 11.5. The maximum absolute atomic E-state index is 14.8. The monoisotopic (exact) mass is 526 g/mol. The summed E-state index contributed by atoms with van der Waals surface area (Å²) in [6, 6.07) is 4.50. The van der Waals surface area contributed by atoms with E-state index in [-0.39, 0.29) is 17.6 Å². The molecule has 0 radical (unpaired) electrons. The largest absolute Gasteiger partial charge is 0.419 e. The number of tetrazole rings is 1. The molecule has 1 aromatic carbocycles. The molecule has 0 bridgehead atoms. The van der Waals surface area contributed by atoms with E-state index in [1.165, 1.54) is 17.1 Å². The second kappa shape index (κ2) is 9.28. The molecule has 16 heteroatoms. The van der Waals surface area contributed by atoms with E-state index in [4.69, 9.17) is 0 Å². The molecule has 0 aliphatic carbocycles. The number of nitrogens with zero attached hydrogens (tertiary/aromatic N) is 11. The fraction of sp³-hybridized carbons (Fsp3) is 0.273. The van der Waals surface area contributed by atoms with Crippen LogP contribution in [0.25, 0.3) is 11.3 Å². The molecular formula is C22H18F4N12. The Morgan fingerprint density at radius 2 is 1.79 bits per heavy atom. The molecule has 5 heterocycles. The SMILES string of the molecule is Fc1cc(-n2cnnn2)ccc1Nc1nccn2c(C3CCN(c4ncc(C(F)(F)F)cn4)CC3)nnc12. The summed E-state index contributed by atoms with van der Waals surface area (Å²) in [5.41, 5.74) is 0.200. The van der Waals surface area contributed by atoms with Crippen molar-refractivity contribution in [3.63, 3.8) is 0 Å². The zero-order valence-electron chi connectivity index (χ0n) is 19.5. The minimum absolute atomic E-state index is 0.0401. The summed E-state index contributed by atoms with van der Waals surface area (Å²) in [7, 11) is 0. The van der Waals surface area contributed by atoms with Crippen LogP contribution in [0.15, 0.2) is 49.3 Å². The lowest BCUT2D eigenvalue weighted by molar-refractivity contribution is -0.138. The maximum Gasteiger partial charge on any atom is 0.419 e. The van der Waals surface area contributed by atoms with E-state index in [1.54, 1.807) is 28.9 Å². The molecule has 1 aliphatic heterocycles. The molecule has 194 valence electrons. The topological polar surface area (TPSA) is 128 Å². The normalized spacial score (nSPS) is 14.8. The third-order valence-corrected chi connectivity index (χ3v) is 6.28. The van der Waals surface area contributed by atoms with Crippen LogP contribution in [0.5, 0.6) is 0 Å². The summed E-state index contributed by atoms with van der Waals surface area (Å²) in [5.74, 6) is 0.813. The molecular weight excluding hydrogens is 508 g/mol. The average molecular weight is 526 g/mol. The van der Waals surface area contributed by atoms with Crippen LogP contribution in [0.1, 0.15) is 30.1 Å². The molecule has 1 saturated heterocycles. The quantitative estimate of drug-likeness (QED) is 0.341. The summed E-state index contributed by atoms with van der Waals surface area (Å²) in [4.78, 5) is 13.9. The first kappa shape index (κ1) is 23.6. The van der Waals surface area contributed by atoms with Crippen molar-refractivity contribution in [2.45, 2.75) is 24.9 Å². The minimum Gasteiger partial charge on any atom is -0.341 e. The molecule has 1 N–H and O–H groups in total. The van der Waals surface area contributed by atoms with Crippen molar-refractivity contribution in [3.05, 3.63) is 66.5 Å². The van der Waals surface area contributed by atoms with Crippen molar-refractivity contribution in [2.75, 3.05) is 23.3 Å². The minimum atomic E-state index is -4.48. The molecule has 0 spiro atoms. The van der Waals surface area contributed by atoms with E-state index >= 15 is 0 Å². The Hall–Kier alpha value is -4.76. The number of hydrogen-bond donors (Lipinski definition) is 1. The Morgan fingerprint density at radius 3 is 2.47 bits per heavy atom. The maximum atomic E-state index is 14.8. The second-order valence-electron chi connectivity index (χ2n) is 8.60. The highest BCUT2D eigenvalue weighted by Gasteiger charge is 2.32. The molecule has 0 atom stereocenters. The summed E-state index contributed by atoms with van der Waals surface area (Å²) in [6.07, 6.45) is 3.12. The number of nitrogens with one attached hydrogen (secondary N) is 1. The van der Waals surface area contributed by atoms with Crippen LogP contribution in [-0.4, -0.2) is 62.8 Å². The van der Waals surface area contributed by atoms with Gasteiger partial charge in [0.2, 0.25) is 11.6 Å². The van der Waals surface area contributed by atoms with Crippen LogP contribution in [-0.2, 0) is 6.18 Å². The molecule has 4 aromatic heterocycles. The predicted molar refractivity (Wildman–Crippen MR) is 124 cm³/mol. The van der Waals surface area contributed by atoms with Crippen LogP contribution >= 0.6 is 0 Å². The second-order valence-corrected chi connectivity index (χ2v) is 8.60. The van der Waals surface area contributed by atoms with Gasteiger partial charge in [0.15, 0.2) is 5.82 Å². The van der Waals surface area contributed by atoms with Gasteiger partial charge in [0.1, 0.15) is 18.0 Å². The van der Waals surface area contributed by atoms with Gasteiger partial charge in [-0.25, -0.2) is 24.0 Å². The Morgan fingerprint density at radius 1 is 1.00 bits per heavy atom. The third kappa shape index (κ3) is 4.44. The zero-order chi connectivity index (χ0) is 26.3. The molecule has 0 saturated carbocycles. The van der Waals surface area contributed by atoms with E-state index in [0.29, 0.717) is 48.9 Å². The van der Waals surface area contributed by atoms with Crippen LogP contribution < -0.4 is 10.2 Å². The van der Waals surface area contributed by atoms with Gasteiger partial charge in [-0.1, -0.05) is 0 Å². The Labute approximate surface area is 211 Å². The van der Waals surface area contributed by atoms with Gasteiger partial charge in [0.05, 0.1) is 16.9 Å². The molecule has 1 fully saturated rings. The number of halogens is 4.